The quantitative estimate of drug-likeness (QED) is 0.120. The lowest BCUT2D eigenvalue weighted by molar-refractivity contribution is -0.158. The summed E-state index contributed by atoms with van der Waals surface area (Å²) in [5.41, 5.74) is -4.74. The number of ether oxygens (including phenoxy) is 1. The molecule has 2 aliphatic heterocycles. The number of hydrazine groups is 1. The molecular weight excluding hydrogens is 622 g/mol. The van der Waals surface area contributed by atoms with Crippen LogP contribution in [0.15, 0.2) is 47.9 Å². The third-order valence-electron chi connectivity index (χ3n) is 8.08. The van der Waals surface area contributed by atoms with Crippen LogP contribution in [0, 0.1) is 0 Å². The number of esters is 1. The molecule has 1 fully saturated rings. The number of aliphatic hydroxyl groups excluding tert-OH is 1. The number of carbonyl (C=O) groups excluding carboxylic acids is 3. The van der Waals surface area contributed by atoms with Crippen LogP contribution in [0.4, 0.5) is 32.0 Å². The molecule has 46 heavy (non-hydrogen) atoms. The number of nitrogens with one attached hydrogen (secondary N) is 1. The summed E-state index contributed by atoms with van der Waals surface area (Å²) in [6.07, 6.45) is -5.05. The summed E-state index contributed by atoms with van der Waals surface area (Å²) < 4.78 is 84.8. The molecule has 1 unspecified atom stereocenters. The van der Waals surface area contributed by atoms with Gasteiger partial charge in [0.2, 0.25) is 0 Å². The molecule has 15 heteroatoms. The van der Waals surface area contributed by atoms with Gasteiger partial charge in [0.25, 0.3) is 11.8 Å². The summed E-state index contributed by atoms with van der Waals surface area (Å²) in [5, 5.41) is 16.7. The van der Waals surface area contributed by atoms with Crippen LogP contribution in [-0.2, 0) is 31.5 Å². The Bertz CT molecular complexity index is 1490. The number of carbonyl (C=O) groups is 3. The molecule has 2 N–H and O–H groups in total. The predicted molar refractivity (Wildman–Crippen MR) is 154 cm³/mol. The van der Waals surface area contributed by atoms with Gasteiger partial charge in [0.1, 0.15) is 17.0 Å². The molecular formula is C31H34F6N4O5. The van der Waals surface area contributed by atoms with Gasteiger partial charge >= 0.3 is 18.3 Å². The van der Waals surface area contributed by atoms with Crippen LogP contribution >= 0.6 is 0 Å². The first-order chi connectivity index (χ1) is 21.6. The predicted octanol–water partition coefficient (Wildman–Crippen LogP) is 6.66. The largest absolute Gasteiger partial charge is 0.509 e. The summed E-state index contributed by atoms with van der Waals surface area (Å²) in [5.74, 6) is -2.66. The van der Waals surface area contributed by atoms with Gasteiger partial charge in [-0.2, -0.15) is 26.3 Å². The number of unbranched alkanes of at least 4 members (excludes halogenated alkanes) is 3. The molecule has 1 aromatic heterocycles. The summed E-state index contributed by atoms with van der Waals surface area (Å²) in [7, 11) is 0. The fraction of sp³-hybridized carbons (Fsp3) is 0.484. The molecule has 1 atom stereocenters. The van der Waals surface area contributed by atoms with E-state index < -0.39 is 52.3 Å². The van der Waals surface area contributed by atoms with Gasteiger partial charge in [-0.05, 0) is 63.8 Å². The number of alkyl halides is 6. The van der Waals surface area contributed by atoms with Crippen molar-refractivity contribution in [2.45, 2.75) is 76.7 Å². The van der Waals surface area contributed by atoms with Crippen LogP contribution in [0.3, 0.4) is 0 Å². The molecule has 2 amide bonds. The number of halogens is 6. The standard InChI is InChI=1S/C31H34F6N4O5/c1-3-46-24(42)9-6-4-5-7-15-40-28(45)25(26(43)29(2)14-8-16-41(29)40)27(44)39-22-12-11-20(30(32,33)34)17-21(22)19-10-13-23(38-18-19)31(35,36)37/h10-13,17-18,43H,3-9,14-16H2,1-2H3,(H,39,44). The summed E-state index contributed by atoms with van der Waals surface area (Å²) in [4.78, 5) is 42.2. The van der Waals surface area contributed by atoms with E-state index in [4.69, 9.17) is 4.74 Å². The highest BCUT2D eigenvalue weighted by Gasteiger charge is 2.52. The maximum atomic E-state index is 13.7. The van der Waals surface area contributed by atoms with E-state index >= 15 is 0 Å². The zero-order chi connectivity index (χ0) is 33.9. The third-order valence-corrected chi connectivity index (χ3v) is 8.08. The van der Waals surface area contributed by atoms with E-state index in [1.54, 1.807) is 18.9 Å². The maximum absolute atomic E-state index is 13.7. The van der Waals surface area contributed by atoms with Crippen LogP contribution < -0.4 is 5.32 Å². The van der Waals surface area contributed by atoms with E-state index in [9.17, 15) is 45.8 Å². The summed E-state index contributed by atoms with van der Waals surface area (Å²) in [6.45, 7) is 4.35. The van der Waals surface area contributed by atoms with Crippen molar-refractivity contribution in [3.8, 4) is 11.1 Å². The number of nitrogens with zero attached hydrogens (tertiary/aromatic N) is 3. The molecule has 0 bridgehead atoms. The second kappa shape index (κ2) is 13.7. The molecule has 0 radical (unpaired) electrons. The van der Waals surface area contributed by atoms with E-state index in [0.29, 0.717) is 69.9 Å². The summed E-state index contributed by atoms with van der Waals surface area (Å²) >= 11 is 0. The summed E-state index contributed by atoms with van der Waals surface area (Å²) in [6, 6.07) is 3.79. The van der Waals surface area contributed by atoms with Crippen LogP contribution in [0.25, 0.3) is 11.1 Å². The molecule has 1 aromatic carbocycles. The Labute approximate surface area is 261 Å². The van der Waals surface area contributed by atoms with Crippen molar-refractivity contribution in [2.75, 3.05) is 25.0 Å². The van der Waals surface area contributed by atoms with Crippen molar-refractivity contribution in [1.82, 2.24) is 15.0 Å². The van der Waals surface area contributed by atoms with Gasteiger partial charge in [-0.3, -0.25) is 24.4 Å². The van der Waals surface area contributed by atoms with Gasteiger partial charge in [0.15, 0.2) is 0 Å². The number of rotatable bonds is 11. The van der Waals surface area contributed by atoms with Crippen LogP contribution in [0.5, 0.6) is 0 Å². The molecule has 250 valence electrons. The number of anilines is 1. The van der Waals surface area contributed by atoms with Crippen molar-refractivity contribution in [1.29, 1.82) is 0 Å². The molecule has 1 saturated heterocycles. The zero-order valence-corrected chi connectivity index (χ0v) is 25.2. The minimum atomic E-state index is -4.81. The zero-order valence-electron chi connectivity index (χ0n) is 25.2. The second-order valence-electron chi connectivity index (χ2n) is 11.3. The normalized spacial score (nSPS) is 19.0. The first-order valence-electron chi connectivity index (χ1n) is 14.8. The number of fused-ring (bicyclic) bond motifs is 1. The average Bonchev–Trinajstić information content (AvgIpc) is 3.38. The first kappa shape index (κ1) is 34.7. The van der Waals surface area contributed by atoms with E-state index in [1.807, 2.05) is 0 Å². The molecule has 4 rings (SSSR count). The van der Waals surface area contributed by atoms with Crippen molar-refractivity contribution in [2.24, 2.45) is 0 Å². The number of aliphatic hydroxyl groups is 1. The highest BCUT2D eigenvalue weighted by Crippen LogP contribution is 2.42. The van der Waals surface area contributed by atoms with Crippen LogP contribution in [-0.4, -0.2) is 63.1 Å². The van der Waals surface area contributed by atoms with E-state index in [1.165, 1.54) is 5.01 Å². The Balaban J connectivity index is 1.59. The Morgan fingerprint density at radius 1 is 1.04 bits per heavy atom. The van der Waals surface area contributed by atoms with Gasteiger partial charge in [0.05, 0.1) is 17.7 Å². The van der Waals surface area contributed by atoms with Gasteiger partial charge < -0.3 is 15.2 Å². The molecule has 2 aromatic rings. The lowest BCUT2D eigenvalue weighted by atomic mass is 9.90. The maximum Gasteiger partial charge on any atom is 0.433 e. The minimum Gasteiger partial charge on any atom is -0.509 e. The van der Waals surface area contributed by atoms with Crippen molar-refractivity contribution in [3.05, 3.63) is 59.1 Å². The molecule has 2 aliphatic rings. The Hall–Kier alpha value is -4.14. The number of hydrogen-bond acceptors (Lipinski definition) is 7. The van der Waals surface area contributed by atoms with Crippen molar-refractivity contribution in [3.63, 3.8) is 0 Å². The Kier molecular flexibility index (Phi) is 10.3. The monoisotopic (exact) mass is 656 g/mol. The number of benzene rings is 1. The van der Waals surface area contributed by atoms with Gasteiger partial charge in [-0.1, -0.05) is 18.9 Å². The lowest BCUT2D eigenvalue weighted by Crippen LogP contribution is -2.61. The fourth-order valence-electron chi connectivity index (χ4n) is 5.70. The van der Waals surface area contributed by atoms with Gasteiger partial charge in [-0.15, -0.1) is 0 Å². The van der Waals surface area contributed by atoms with Crippen molar-refractivity contribution >= 4 is 23.5 Å². The van der Waals surface area contributed by atoms with Gasteiger partial charge in [0, 0.05) is 42.5 Å². The Morgan fingerprint density at radius 3 is 2.39 bits per heavy atom. The molecule has 3 heterocycles. The fourth-order valence-corrected chi connectivity index (χ4v) is 5.70. The van der Waals surface area contributed by atoms with Gasteiger partial charge in [-0.25, -0.2) is 5.01 Å². The van der Waals surface area contributed by atoms with Crippen LogP contribution in [0.1, 0.15) is 70.1 Å². The highest BCUT2D eigenvalue weighted by molar-refractivity contribution is 6.24. The Morgan fingerprint density at radius 2 is 1.76 bits per heavy atom. The SMILES string of the molecule is CCOC(=O)CCCCCCN1C(=O)C(C(=O)Nc2ccc(C(F)(F)F)cc2-c2ccc(C(F)(F)F)nc2)=C(O)C2(C)CCCN12. The average molecular weight is 657 g/mol. The first-order valence-corrected chi connectivity index (χ1v) is 14.8. The van der Waals surface area contributed by atoms with Crippen LogP contribution in [0.2, 0.25) is 0 Å². The van der Waals surface area contributed by atoms with E-state index in [2.05, 4.69) is 10.3 Å². The lowest BCUT2D eigenvalue weighted by Gasteiger charge is -2.46. The van der Waals surface area contributed by atoms with Crippen molar-refractivity contribution < 1.29 is 50.6 Å². The van der Waals surface area contributed by atoms with E-state index in [0.717, 1.165) is 18.3 Å². The van der Waals surface area contributed by atoms with E-state index in [-0.39, 0.29) is 35.7 Å². The second-order valence-corrected chi connectivity index (χ2v) is 11.3. The molecule has 0 spiro atoms. The smallest absolute Gasteiger partial charge is 0.433 e. The third kappa shape index (κ3) is 7.45. The number of amides is 2. The minimum absolute atomic E-state index is 0.152. The number of hydrogen-bond donors (Lipinski definition) is 2. The number of aromatic nitrogens is 1. The topological polar surface area (TPSA) is 112 Å². The molecule has 0 aliphatic carbocycles. The molecule has 0 saturated carbocycles. The highest BCUT2D eigenvalue weighted by atomic mass is 19.4. The number of pyridine rings is 1. The molecule has 9 nitrogen and oxygen atoms in total.